The molecule has 0 bridgehead atoms. The van der Waals surface area contributed by atoms with E-state index < -0.39 is 0 Å². The molecule has 1 rings (SSSR count). The van der Waals surface area contributed by atoms with Crippen LogP contribution in [0.25, 0.3) is 0 Å². The lowest BCUT2D eigenvalue weighted by molar-refractivity contribution is 0.148. The summed E-state index contributed by atoms with van der Waals surface area (Å²) in [7, 11) is 0. The van der Waals surface area contributed by atoms with Gasteiger partial charge in [0.05, 0.1) is 0 Å². The molecule has 82 valence electrons. The maximum Gasteiger partial charge on any atom is 0.213 e. The largest absolute Gasteiger partial charge is 0.368 e. The number of nitrogens with zero attached hydrogens (tertiary/aromatic N) is 2. The van der Waals surface area contributed by atoms with Crippen LogP contribution in [0.15, 0.2) is 5.10 Å². The van der Waals surface area contributed by atoms with Crippen molar-refractivity contribution in [1.29, 1.82) is 0 Å². The number of likely N-dealkylation sites (tertiary alicyclic amines) is 1. The number of nitrogens with two attached hydrogens (primary N) is 2. The summed E-state index contributed by atoms with van der Waals surface area (Å²) < 4.78 is 0. The molecule has 0 saturated carbocycles. The van der Waals surface area contributed by atoms with Gasteiger partial charge in [-0.1, -0.05) is 20.8 Å². The van der Waals surface area contributed by atoms with Crippen molar-refractivity contribution in [3.8, 4) is 0 Å². The van der Waals surface area contributed by atoms with Crippen molar-refractivity contribution in [2.75, 3.05) is 13.1 Å². The highest BCUT2D eigenvalue weighted by molar-refractivity contribution is 5.77. The molecule has 0 aliphatic carbocycles. The van der Waals surface area contributed by atoms with Crippen LogP contribution in [-0.2, 0) is 0 Å². The predicted molar refractivity (Wildman–Crippen MR) is 59.6 cm³/mol. The molecule has 1 fully saturated rings. The molecule has 0 radical (unpaired) electrons. The molecular formula is C10H22N4. The Labute approximate surface area is 86.3 Å². The minimum Gasteiger partial charge on any atom is -0.368 e. The molecule has 0 atom stereocenters. The molecule has 4 heteroatoms. The summed E-state index contributed by atoms with van der Waals surface area (Å²) in [5.74, 6) is 6.40. The van der Waals surface area contributed by atoms with Crippen LogP contribution in [0.4, 0.5) is 0 Å². The summed E-state index contributed by atoms with van der Waals surface area (Å²) in [4.78, 5) is 2.06. The SMILES string of the molecule is CC(C)(C)C1CCN(C(N)=NN)CC1. The third-order valence-electron chi connectivity index (χ3n) is 3.18. The lowest BCUT2D eigenvalue weighted by Crippen LogP contribution is -2.45. The standard InChI is InChI=1S/C10H22N4/c1-10(2,3)8-4-6-14(7-5-8)9(11)13-12/h8H,4-7,12H2,1-3H3,(H2,11,13). The normalized spacial score (nSPS) is 21.4. The zero-order valence-corrected chi connectivity index (χ0v) is 9.45. The number of hydrogen-bond donors (Lipinski definition) is 2. The Morgan fingerprint density at radius 3 is 2.14 bits per heavy atom. The molecule has 0 spiro atoms. The van der Waals surface area contributed by atoms with Gasteiger partial charge in [0.2, 0.25) is 5.96 Å². The Morgan fingerprint density at radius 1 is 1.29 bits per heavy atom. The predicted octanol–water partition coefficient (Wildman–Crippen LogP) is 0.933. The van der Waals surface area contributed by atoms with Crippen molar-refractivity contribution in [3.05, 3.63) is 0 Å². The van der Waals surface area contributed by atoms with E-state index in [4.69, 9.17) is 11.6 Å². The zero-order valence-electron chi connectivity index (χ0n) is 9.45. The summed E-state index contributed by atoms with van der Waals surface area (Å²) in [6, 6.07) is 0. The van der Waals surface area contributed by atoms with Gasteiger partial charge in [-0.2, -0.15) is 0 Å². The van der Waals surface area contributed by atoms with Crippen molar-refractivity contribution >= 4 is 5.96 Å². The molecule has 0 aromatic heterocycles. The number of hydrogen-bond acceptors (Lipinski definition) is 2. The smallest absolute Gasteiger partial charge is 0.213 e. The first-order valence-corrected chi connectivity index (χ1v) is 5.23. The van der Waals surface area contributed by atoms with Gasteiger partial charge in [-0.05, 0) is 24.2 Å². The maximum atomic E-state index is 5.65. The Morgan fingerprint density at radius 2 is 1.79 bits per heavy atom. The number of guanidine groups is 1. The van der Waals surface area contributed by atoms with Crippen LogP contribution < -0.4 is 11.6 Å². The molecular weight excluding hydrogens is 176 g/mol. The van der Waals surface area contributed by atoms with E-state index in [0.717, 1.165) is 19.0 Å². The van der Waals surface area contributed by atoms with E-state index in [1.807, 2.05) is 0 Å². The first-order valence-electron chi connectivity index (χ1n) is 5.23. The molecule has 4 N–H and O–H groups in total. The van der Waals surface area contributed by atoms with Gasteiger partial charge in [0.25, 0.3) is 0 Å². The average Bonchev–Trinajstić information content (AvgIpc) is 2.15. The van der Waals surface area contributed by atoms with Gasteiger partial charge in [0.1, 0.15) is 0 Å². The first-order chi connectivity index (χ1) is 6.45. The number of piperidine rings is 1. The fourth-order valence-corrected chi connectivity index (χ4v) is 2.06. The lowest BCUT2D eigenvalue weighted by atomic mass is 9.75. The van der Waals surface area contributed by atoms with E-state index in [9.17, 15) is 0 Å². The van der Waals surface area contributed by atoms with Crippen LogP contribution >= 0.6 is 0 Å². The second kappa shape index (κ2) is 4.07. The highest BCUT2D eigenvalue weighted by atomic mass is 15.3. The van der Waals surface area contributed by atoms with E-state index in [1.54, 1.807) is 0 Å². The second-order valence-corrected chi connectivity index (χ2v) is 5.11. The first kappa shape index (κ1) is 11.1. The van der Waals surface area contributed by atoms with Gasteiger partial charge in [-0.15, -0.1) is 5.10 Å². The Kier molecular flexibility index (Phi) is 3.24. The molecule has 0 amide bonds. The van der Waals surface area contributed by atoms with Crippen molar-refractivity contribution < 1.29 is 0 Å². The van der Waals surface area contributed by atoms with E-state index in [1.165, 1.54) is 12.8 Å². The minimum absolute atomic E-state index is 0.403. The van der Waals surface area contributed by atoms with Crippen molar-refractivity contribution in [2.45, 2.75) is 33.6 Å². The second-order valence-electron chi connectivity index (χ2n) is 5.11. The van der Waals surface area contributed by atoms with Gasteiger partial charge < -0.3 is 16.5 Å². The fourth-order valence-electron chi connectivity index (χ4n) is 2.06. The van der Waals surface area contributed by atoms with Crippen molar-refractivity contribution in [1.82, 2.24) is 4.90 Å². The summed E-state index contributed by atoms with van der Waals surface area (Å²) in [6.07, 6.45) is 2.36. The molecule has 1 aliphatic heterocycles. The lowest BCUT2D eigenvalue weighted by Gasteiger charge is -2.38. The van der Waals surface area contributed by atoms with Crippen LogP contribution in [0, 0.1) is 11.3 Å². The topological polar surface area (TPSA) is 67.6 Å². The van der Waals surface area contributed by atoms with E-state index in [-0.39, 0.29) is 0 Å². The quantitative estimate of drug-likeness (QED) is 0.263. The molecule has 1 aliphatic rings. The van der Waals surface area contributed by atoms with Crippen molar-refractivity contribution in [3.63, 3.8) is 0 Å². The van der Waals surface area contributed by atoms with E-state index in [0.29, 0.717) is 11.4 Å². The van der Waals surface area contributed by atoms with Gasteiger partial charge in [0.15, 0.2) is 0 Å². The summed E-state index contributed by atoms with van der Waals surface area (Å²) in [5, 5.41) is 3.52. The van der Waals surface area contributed by atoms with Crippen LogP contribution in [0.3, 0.4) is 0 Å². The van der Waals surface area contributed by atoms with E-state index >= 15 is 0 Å². The summed E-state index contributed by atoms with van der Waals surface area (Å²) in [5.41, 5.74) is 6.06. The zero-order chi connectivity index (χ0) is 10.8. The summed E-state index contributed by atoms with van der Waals surface area (Å²) in [6.45, 7) is 8.86. The number of hydrazone groups is 1. The van der Waals surface area contributed by atoms with Crippen LogP contribution in [0.5, 0.6) is 0 Å². The Balaban J connectivity index is 2.47. The average molecular weight is 198 g/mol. The molecule has 0 aromatic rings. The molecule has 0 aromatic carbocycles. The third-order valence-corrected chi connectivity index (χ3v) is 3.18. The van der Waals surface area contributed by atoms with Gasteiger partial charge in [-0.3, -0.25) is 0 Å². The maximum absolute atomic E-state index is 5.65. The summed E-state index contributed by atoms with van der Waals surface area (Å²) >= 11 is 0. The molecule has 4 nitrogen and oxygen atoms in total. The van der Waals surface area contributed by atoms with Crippen LogP contribution in [0.2, 0.25) is 0 Å². The highest BCUT2D eigenvalue weighted by Gasteiger charge is 2.29. The monoisotopic (exact) mass is 198 g/mol. The van der Waals surface area contributed by atoms with Gasteiger partial charge >= 0.3 is 0 Å². The molecule has 1 heterocycles. The van der Waals surface area contributed by atoms with Gasteiger partial charge in [0, 0.05) is 13.1 Å². The third kappa shape index (κ3) is 2.53. The van der Waals surface area contributed by atoms with Crippen LogP contribution in [0.1, 0.15) is 33.6 Å². The highest BCUT2D eigenvalue weighted by Crippen LogP contribution is 2.33. The molecule has 14 heavy (non-hydrogen) atoms. The Hall–Kier alpha value is -0.930. The number of rotatable bonds is 0. The van der Waals surface area contributed by atoms with Crippen LogP contribution in [-0.4, -0.2) is 23.9 Å². The van der Waals surface area contributed by atoms with Gasteiger partial charge in [-0.25, -0.2) is 0 Å². The minimum atomic E-state index is 0.403. The van der Waals surface area contributed by atoms with E-state index in [2.05, 4.69) is 30.8 Å². The Bertz CT molecular complexity index is 209. The fraction of sp³-hybridized carbons (Fsp3) is 0.900. The van der Waals surface area contributed by atoms with Crippen molar-refractivity contribution in [2.24, 2.45) is 28.0 Å². The molecule has 1 saturated heterocycles. The molecule has 0 unspecified atom stereocenters.